The molecule has 5 heteroatoms. The fourth-order valence-corrected chi connectivity index (χ4v) is 7.83. The molecule has 29 heavy (non-hydrogen) atoms. The minimum Gasteiger partial charge on any atom is -1.00 e. The first-order chi connectivity index (χ1) is 13.7. The molecule has 0 unspecified atom stereocenters. The Hall–Kier alpha value is -2.87. The minimum absolute atomic E-state index is 0. The highest BCUT2D eigenvalue weighted by atomic mass is 35.5. The van der Waals surface area contributed by atoms with Crippen molar-refractivity contribution in [3.05, 3.63) is 115 Å². The summed E-state index contributed by atoms with van der Waals surface area (Å²) < 4.78 is 5.77. The second kappa shape index (κ2) is 9.09. The number of carbonyl (C=O) groups is 1. The van der Waals surface area contributed by atoms with E-state index in [4.69, 9.17) is 10.2 Å². The van der Waals surface area contributed by atoms with Crippen molar-refractivity contribution in [2.75, 3.05) is 0 Å². The minimum atomic E-state index is -2.11. The van der Waals surface area contributed by atoms with Crippen LogP contribution in [-0.4, -0.2) is 5.91 Å². The maximum Gasteiger partial charge on any atom is 0.252 e. The van der Waals surface area contributed by atoms with Crippen molar-refractivity contribution in [3.63, 3.8) is 0 Å². The molecule has 0 saturated heterocycles. The van der Waals surface area contributed by atoms with Crippen molar-refractivity contribution in [3.8, 4) is 0 Å². The highest BCUT2D eigenvalue weighted by molar-refractivity contribution is 7.95. The first-order valence-electron chi connectivity index (χ1n) is 9.13. The van der Waals surface area contributed by atoms with E-state index in [0.29, 0.717) is 17.5 Å². The second-order valence-corrected chi connectivity index (χ2v) is 10.1. The fraction of sp³-hybridized carbons (Fsp3) is 0.0417. The summed E-state index contributed by atoms with van der Waals surface area (Å²) in [5.74, 6) is 0.174. The van der Waals surface area contributed by atoms with E-state index >= 15 is 0 Å². The summed E-state index contributed by atoms with van der Waals surface area (Å²) in [5.41, 5.74) is 6.06. The largest absolute Gasteiger partial charge is 1.00 e. The first-order valence-corrected chi connectivity index (χ1v) is 11.1. The van der Waals surface area contributed by atoms with Crippen molar-refractivity contribution in [2.45, 2.75) is 6.16 Å². The quantitative estimate of drug-likeness (QED) is 0.470. The van der Waals surface area contributed by atoms with Gasteiger partial charge in [-0.3, -0.25) is 4.79 Å². The van der Waals surface area contributed by atoms with Crippen molar-refractivity contribution < 1.29 is 21.6 Å². The molecule has 0 aliphatic heterocycles. The molecule has 3 nitrogen and oxygen atoms in total. The molecular formula is C24H21ClNO2P. The predicted molar refractivity (Wildman–Crippen MR) is 116 cm³/mol. The monoisotopic (exact) mass is 421 g/mol. The number of carbonyl (C=O) groups excluding carboxylic acids is 1. The van der Waals surface area contributed by atoms with Crippen LogP contribution in [0.15, 0.2) is 108 Å². The average molecular weight is 422 g/mol. The van der Waals surface area contributed by atoms with E-state index in [-0.39, 0.29) is 12.4 Å². The molecule has 0 fully saturated rings. The lowest BCUT2D eigenvalue weighted by atomic mass is 10.2. The topological polar surface area (TPSA) is 56.2 Å². The molecule has 3 aromatic carbocycles. The van der Waals surface area contributed by atoms with E-state index in [0.717, 1.165) is 0 Å². The smallest absolute Gasteiger partial charge is 0.252 e. The van der Waals surface area contributed by atoms with Crippen LogP contribution in [0, 0.1) is 0 Å². The van der Waals surface area contributed by atoms with Crippen molar-refractivity contribution >= 4 is 29.1 Å². The van der Waals surface area contributed by atoms with Crippen LogP contribution in [0.4, 0.5) is 0 Å². The first kappa shape index (κ1) is 20.9. The maximum absolute atomic E-state index is 12.0. The van der Waals surface area contributed by atoms with E-state index in [1.165, 1.54) is 15.9 Å². The number of benzene rings is 3. The Kier molecular flexibility index (Phi) is 6.53. The third-order valence-corrected chi connectivity index (χ3v) is 9.28. The Labute approximate surface area is 177 Å². The van der Waals surface area contributed by atoms with Gasteiger partial charge < -0.3 is 22.6 Å². The maximum atomic E-state index is 12.0. The van der Waals surface area contributed by atoms with E-state index in [1.54, 1.807) is 12.3 Å². The van der Waals surface area contributed by atoms with Crippen molar-refractivity contribution in [2.24, 2.45) is 5.73 Å². The predicted octanol–water partition coefficient (Wildman–Crippen LogP) is 0.877. The van der Waals surface area contributed by atoms with E-state index < -0.39 is 13.2 Å². The van der Waals surface area contributed by atoms with Crippen LogP contribution in [0.5, 0.6) is 0 Å². The van der Waals surface area contributed by atoms with Crippen molar-refractivity contribution in [1.82, 2.24) is 0 Å². The zero-order valence-electron chi connectivity index (χ0n) is 15.7. The van der Waals surface area contributed by atoms with Crippen molar-refractivity contribution in [1.29, 1.82) is 0 Å². The molecule has 1 amide bonds. The molecule has 2 N–H and O–H groups in total. The Morgan fingerprint density at radius 2 is 1.14 bits per heavy atom. The van der Waals surface area contributed by atoms with Crippen LogP contribution in [0.2, 0.25) is 0 Å². The Morgan fingerprint density at radius 3 is 1.52 bits per heavy atom. The lowest BCUT2D eigenvalue weighted by molar-refractivity contribution is -0.0000144. The van der Waals surface area contributed by atoms with E-state index in [1.807, 2.05) is 18.2 Å². The van der Waals surface area contributed by atoms with Gasteiger partial charge in [-0.05, 0) is 42.5 Å². The summed E-state index contributed by atoms with van der Waals surface area (Å²) in [4.78, 5) is 12.0. The van der Waals surface area contributed by atoms with E-state index in [9.17, 15) is 4.79 Å². The van der Waals surface area contributed by atoms with Crippen LogP contribution in [0.1, 0.15) is 16.1 Å². The number of furan rings is 1. The summed E-state index contributed by atoms with van der Waals surface area (Å²) in [5, 5.41) is 3.71. The number of nitrogens with two attached hydrogens (primary N) is 1. The molecule has 0 saturated carbocycles. The highest BCUT2D eigenvalue weighted by Crippen LogP contribution is 2.58. The van der Waals surface area contributed by atoms with E-state index in [2.05, 4.69) is 72.8 Å². The van der Waals surface area contributed by atoms with Gasteiger partial charge >= 0.3 is 0 Å². The molecule has 0 aliphatic rings. The zero-order chi connectivity index (χ0) is 19.4. The fourth-order valence-electron chi connectivity index (χ4n) is 3.67. The summed E-state index contributed by atoms with van der Waals surface area (Å²) in [6.07, 6.45) is 2.14. The van der Waals surface area contributed by atoms with Gasteiger partial charge in [-0.2, -0.15) is 0 Å². The molecular weight excluding hydrogens is 401 g/mol. The lowest BCUT2D eigenvalue weighted by Gasteiger charge is -2.27. The normalized spacial score (nSPS) is 10.9. The third-order valence-electron chi connectivity index (χ3n) is 4.98. The molecule has 1 aromatic heterocycles. The number of hydrogen-bond donors (Lipinski definition) is 1. The number of amides is 1. The third kappa shape index (κ3) is 3.98. The van der Waals surface area contributed by atoms with Gasteiger partial charge in [0, 0.05) is 0 Å². The van der Waals surface area contributed by atoms with Crippen LogP contribution < -0.4 is 34.1 Å². The molecule has 4 rings (SSSR count). The van der Waals surface area contributed by atoms with Crippen LogP contribution in [-0.2, 0) is 6.16 Å². The van der Waals surface area contributed by atoms with Crippen LogP contribution >= 0.6 is 7.26 Å². The zero-order valence-corrected chi connectivity index (χ0v) is 17.4. The van der Waals surface area contributed by atoms with Gasteiger partial charge in [0.2, 0.25) is 0 Å². The second-order valence-electron chi connectivity index (χ2n) is 6.60. The summed E-state index contributed by atoms with van der Waals surface area (Å²) in [6, 6.07) is 33.1. The molecule has 4 aromatic rings. The highest BCUT2D eigenvalue weighted by Gasteiger charge is 2.47. The van der Waals surface area contributed by atoms with Gasteiger partial charge in [0.05, 0.1) is 11.8 Å². The Bertz CT molecular complexity index is 969. The summed E-state index contributed by atoms with van der Waals surface area (Å²) in [6.45, 7) is 0. The molecule has 0 spiro atoms. The number of rotatable bonds is 6. The molecule has 146 valence electrons. The van der Waals surface area contributed by atoms with Gasteiger partial charge in [0.15, 0.2) is 5.76 Å². The molecule has 0 radical (unpaired) electrons. The van der Waals surface area contributed by atoms with Crippen LogP contribution in [0.3, 0.4) is 0 Å². The van der Waals surface area contributed by atoms with Gasteiger partial charge in [0.25, 0.3) is 5.91 Å². The molecule has 0 aliphatic carbocycles. The summed E-state index contributed by atoms with van der Waals surface area (Å²) >= 11 is 0. The number of halogens is 1. The molecule has 0 atom stereocenters. The SMILES string of the molecule is NC(=O)c1ccoc1C[P+](c1ccccc1)(c1ccccc1)c1ccccc1.[Cl-]. The standard InChI is InChI=1S/C24H20NO2P.ClH/c25-24(26)22-16-17-27-23(22)18-28(19-10-4-1-5-11-19,20-12-6-2-7-13-20)21-14-8-3-9-15-21;/h1-17H,18H2,(H-,25,26);1H. The Balaban J connectivity index is 0.00000240. The summed E-state index contributed by atoms with van der Waals surface area (Å²) in [7, 11) is -2.11. The van der Waals surface area contributed by atoms with Crippen LogP contribution in [0.25, 0.3) is 0 Å². The molecule has 1 heterocycles. The average Bonchev–Trinajstić information content (AvgIpc) is 3.22. The van der Waals surface area contributed by atoms with Gasteiger partial charge in [0.1, 0.15) is 29.3 Å². The van der Waals surface area contributed by atoms with Gasteiger partial charge in [-0.15, -0.1) is 0 Å². The van der Waals surface area contributed by atoms with Gasteiger partial charge in [-0.1, -0.05) is 54.6 Å². The Morgan fingerprint density at radius 1 is 0.724 bits per heavy atom. The lowest BCUT2D eigenvalue weighted by Crippen LogP contribution is -3.00. The number of hydrogen-bond acceptors (Lipinski definition) is 2. The molecule has 0 bridgehead atoms. The van der Waals surface area contributed by atoms with Gasteiger partial charge in [-0.25, -0.2) is 0 Å². The number of primary amides is 1.